The molecule has 1 aromatic carbocycles. The van der Waals surface area contributed by atoms with Gasteiger partial charge in [0.05, 0.1) is 0 Å². The Bertz CT molecular complexity index is 400. The van der Waals surface area contributed by atoms with Crippen LogP contribution in [0.15, 0.2) is 24.3 Å². The van der Waals surface area contributed by atoms with E-state index in [0.29, 0.717) is 6.54 Å². The van der Waals surface area contributed by atoms with Crippen LogP contribution in [0.25, 0.3) is 0 Å². The lowest BCUT2D eigenvalue weighted by Gasteiger charge is -2.46. The highest BCUT2D eigenvalue weighted by atomic mass is 15.2. The summed E-state index contributed by atoms with van der Waals surface area (Å²) in [6.45, 7) is 1.88. The Balaban J connectivity index is 1.89. The fourth-order valence-electron chi connectivity index (χ4n) is 3.89. The predicted molar refractivity (Wildman–Crippen MR) is 76.7 cm³/mol. The zero-order valence-electron chi connectivity index (χ0n) is 11.1. The standard InChI is InChI=1S/C16H24N2/c17-12-14-7-2-4-10-16(14)18-11-5-8-13-6-1-3-9-15(13)18/h2,4,7,10,13,15H,1,3,5-6,8-9,11-12,17H2. The van der Waals surface area contributed by atoms with Crippen molar-refractivity contribution in [2.45, 2.75) is 51.1 Å². The molecule has 3 rings (SSSR count). The van der Waals surface area contributed by atoms with Crippen molar-refractivity contribution in [1.82, 2.24) is 0 Å². The van der Waals surface area contributed by atoms with Crippen LogP contribution in [-0.2, 0) is 6.54 Å². The summed E-state index contributed by atoms with van der Waals surface area (Å²) >= 11 is 0. The van der Waals surface area contributed by atoms with E-state index in [4.69, 9.17) is 5.73 Å². The predicted octanol–water partition coefficient (Wildman–Crippen LogP) is 3.30. The lowest BCUT2D eigenvalue weighted by Crippen LogP contribution is -2.47. The molecule has 1 saturated heterocycles. The Morgan fingerprint density at radius 3 is 2.72 bits per heavy atom. The molecular weight excluding hydrogens is 220 g/mol. The van der Waals surface area contributed by atoms with Crippen LogP contribution in [0.2, 0.25) is 0 Å². The molecule has 0 amide bonds. The van der Waals surface area contributed by atoms with Gasteiger partial charge in [0.15, 0.2) is 0 Å². The molecule has 1 aliphatic heterocycles. The van der Waals surface area contributed by atoms with E-state index < -0.39 is 0 Å². The van der Waals surface area contributed by atoms with Crippen LogP contribution in [-0.4, -0.2) is 12.6 Å². The molecule has 0 radical (unpaired) electrons. The SMILES string of the molecule is NCc1ccccc1N1CCCC2CCCCC21. The van der Waals surface area contributed by atoms with Gasteiger partial charge in [0.1, 0.15) is 0 Å². The number of rotatable bonds is 2. The third-order valence-corrected chi connectivity index (χ3v) is 4.76. The second-order valence-corrected chi connectivity index (χ2v) is 5.78. The first-order valence-electron chi connectivity index (χ1n) is 7.45. The molecule has 18 heavy (non-hydrogen) atoms. The normalized spacial score (nSPS) is 27.9. The molecular formula is C16H24N2. The molecule has 1 aliphatic carbocycles. The number of hydrogen-bond donors (Lipinski definition) is 1. The second-order valence-electron chi connectivity index (χ2n) is 5.78. The Kier molecular flexibility index (Phi) is 3.55. The molecule has 98 valence electrons. The van der Waals surface area contributed by atoms with Crippen molar-refractivity contribution in [2.75, 3.05) is 11.4 Å². The van der Waals surface area contributed by atoms with Crippen LogP contribution in [0, 0.1) is 5.92 Å². The maximum atomic E-state index is 5.90. The number of piperidine rings is 1. The van der Waals surface area contributed by atoms with Gasteiger partial charge in [-0.2, -0.15) is 0 Å². The van der Waals surface area contributed by atoms with Gasteiger partial charge in [-0.15, -0.1) is 0 Å². The first kappa shape index (κ1) is 12.0. The number of benzene rings is 1. The van der Waals surface area contributed by atoms with Gasteiger partial charge in [-0.3, -0.25) is 0 Å². The van der Waals surface area contributed by atoms with E-state index in [2.05, 4.69) is 29.2 Å². The number of fused-ring (bicyclic) bond motifs is 1. The van der Waals surface area contributed by atoms with Crippen LogP contribution < -0.4 is 10.6 Å². The summed E-state index contributed by atoms with van der Waals surface area (Å²) in [6, 6.07) is 9.48. The van der Waals surface area contributed by atoms with Crippen molar-refractivity contribution < 1.29 is 0 Å². The molecule has 2 heteroatoms. The van der Waals surface area contributed by atoms with Gasteiger partial charge in [0.25, 0.3) is 0 Å². The van der Waals surface area contributed by atoms with Crippen molar-refractivity contribution in [2.24, 2.45) is 11.7 Å². The summed E-state index contributed by atoms with van der Waals surface area (Å²) in [6.07, 6.45) is 8.44. The third kappa shape index (κ3) is 2.14. The van der Waals surface area contributed by atoms with Gasteiger partial charge in [0, 0.05) is 24.8 Å². The largest absolute Gasteiger partial charge is 0.368 e. The number of nitrogens with zero attached hydrogens (tertiary/aromatic N) is 1. The molecule has 0 spiro atoms. The van der Waals surface area contributed by atoms with Gasteiger partial charge in [-0.25, -0.2) is 0 Å². The van der Waals surface area contributed by atoms with Crippen LogP contribution in [0.3, 0.4) is 0 Å². The summed E-state index contributed by atoms with van der Waals surface area (Å²) in [5.74, 6) is 0.929. The summed E-state index contributed by atoms with van der Waals surface area (Å²) in [4.78, 5) is 2.66. The molecule has 2 atom stereocenters. The minimum Gasteiger partial charge on any atom is -0.368 e. The number of anilines is 1. The lowest BCUT2D eigenvalue weighted by atomic mass is 9.78. The Labute approximate surface area is 110 Å². The Morgan fingerprint density at radius 2 is 1.83 bits per heavy atom. The van der Waals surface area contributed by atoms with E-state index in [9.17, 15) is 0 Å². The minimum absolute atomic E-state index is 0.657. The smallest absolute Gasteiger partial charge is 0.0414 e. The molecule has 2 aliphatic rings. The van der Waals surface area contributed by atoms with E-state index >= 15 is 0 Å². The summed E-state index contributed by atoms with van der Waals surface area (Å²) in [5, 5.41) is 0. The average molecular weight is 244 g/mol. The molecule has 0 bridgehead atoms. The fraction of sp³-hybridized carbons (Fsp3) is 0.625. The highest BCUT2D eigenvalue weighted by molar-refractivity contribution is 5.55. The second kappa shape index (κ2) is 5.31. The topological polar surface area (TPSA) is 29.3 Å². The van der Waals surface area contributed by atoms with Crippen molar-refractivity contribution >= 4 is 5.69 Å². The average Bonchev–Trinajstić information content (AvgIpc) is 2.46. The van der Waals surface area contributed by atoms with Gasteiger partial charge in [-0.1, -0.05) is 31.0 Å². The van der Waals surface area contributed by atoms with E-state index in [1.807, 2.05) is 0 Å². The first-order valence-corrected chi connectivity index (χ1v) is 7.45. The quantitative estimate of drug-likeness (QED) is 0.865. The zero-order valence-corrected chi connectivity index (χ0v) is 11.1. The number of nitrogens with two attached hydrogens (primary N) is 1. The van der Waals surface area contributed by atoms with E-state index in [1.54, 1.807) is 0 Å². The lowest BCUT2D eigenvalue weighted by molar-refractivity contribution is 0.243. The van der Waals surface area contributed by atoms with E-state index in [1.165, 1.54) is 56.3 Å². The molecule has 1 heterocycles. The molecule has 1 saturated carbocycles. The maximum absolute atomic E-state index is 5.90. The van der Waals surface area contributed by atoms with Crippen LogP contribution in [0.4, 0.5) is 5.69 Å². The van der Waals surface area contributed by atoms with Crippen LogP contribution >= 0.6 is 0 Å². The molecule has 0 aromatic heterocycles. The van der Waals surface area contributed by atoms with Crippen molar-refractivity contribution in [1.29, 1.82) is 0 Å². The summed E-state index contributed by atoms with van der Waals surface area (Å²) in [5.41, 5.74) is 8.61. The number of hydrogen-bond acceptors (Lipinski definition) is 2. The molecule has 2 N–H and O–H groups in total. The van der Waals surface area contributed by atoms with Gasteiger partial charge in [-0.05, 0) is 43.2 Å². The maximum Gasteiger partial charge on any atom is 0.0414 e. The molecule has 2 nitrogen and oxygen atoms in total. The highest BCUT2D eigenvalue weighted by Crippen LogP contribution is 2.38. The van der Waals surface area contributed by atoms with Crippen LogP contribution in [0.5, 0.6) is 0 Å². The molecule has 2 fully saturated rings. The Hall–Kier alpha value is -1.02. The van der Waals surface area contributed by atoms with Gasteiger partial charge < -0.3 is 10.6 Å². The monoisotopic (exact) mass is 244 g/mol. The molecule has 1 aromatic rings. The zero-order chi connectivity index (χ0) is 12.4. The van der Waals surface area contributed by atoms with Gasteiger partial charge >= 0.3 is 0 Å². The first-order chi connectivity index (χ1) is 8.90. The van der Waals surface area contributed by atoms with Crippen molar-refractivity contribution in [3.8, 4) is 0 Å². The van der Waals surface area contributed by atoms with E-state index in [0.717, 1.165) is 12.0 Å². The Morgan fingerprint density at radius 1 is 1.06 bits per heavy atom. The van der Waals surface area contributed by atoms with Gasteiger partial charge in [0.2, 0.25) is 0 Å². The summed E-state index contributed by atoms with van der Waals surface area (Å²) < 4.78 is 0. The third-order valence-electron chi connectivity index (χ3n) is 4.76. The molecule has 2 unspecified atom stereocenters. The van der Waals surface area contributed by atoms with Crippen LogP contribution in [0.1, 0.15) is 44.1 Å². The van der Waals surface area contributed by atoms with Crippen molar-refractivity contribution in [3.63, 3.8) is 0 Å². The fourth-order valence-corrected chi connectivity index (χ4v) is 3.89. The highest BCUT2D eigenvalue weighted by Gasteiger charge is 2.33. The minimum atomic E-state index is 0.657. The summed E-state index contributed by atoms with van der Waals surface area (Å²) in [7, 11) is 0. The van der Waals surface area contributed by atoms with Crippen molar-refractivity contribution in [3.05, 3.63) is 29.8 Å². The number of para-hydroxylation sites is 1. The van der Waals surface area contributed by atoms with E-state index in [-0.39, 0.29) is 0 Å².